The van der Waals surface area contributed by atoms with E-state index in [1.165, 1.54) is 36.0 Å². The highest BCUT2D eigenvalue weighted by Gasteiger charge is 2.19. The van der Waals surface area contributed by atoms with Gasteiger partial charge in [-0.2, -0.15) is 0 Å². The summed E-state index contributed by atoms with van der Waals surface area (Å²) in [5, 5.41) is 3.74. The average molecular weight is 297 g/mol. The molecular formula is C14H21BrN2. The van der Waals surface area contributed by atoms with Gasteiger partial charge in [-0.3, -0.25) is 0 Å². The van der Waals surface area contributed by atoms with Gasteiger partial charge >= 0.3 is 0 Å². The maximum absolute atomic E-state index is 3.74. The van der Waals surface area contributed by atoms with Gasteiger partial charge in [-0.15, -0.1) is 0 Å². The van der Waals surface area contributed by atoms with Gasteiger partial charge in [-0.1, -0.05) is 34.1 Å². The second-order valence-electron chi connectivity index (χ2n) is 4.99. The summed E-state index contributed by atoms with van der Waals surface area (Å²) in [6.07, 6.45) is 2.51. The van der Waals surface area contributed by atoms with Crippen molar-refractivity contribution in [3.05, 3.63) is 34.3 Å². The Morgan fingerprint density at radius 3 is 2.59 bits per heavy atom. The molecule has 1 heterocycles. The zero-order valence-corrected chi connectivity index (χ0v) is 12.2. The Hall–Kier alpha value is -0.380. The van der Waals surface area contributed by atoms with Gasteiger partial charge in [0.2, 0.25) is 0 Å². The molecule has 0 bridgehead atoms. The fraction of sp³-hybridized carbons (Fsp3) is 0.571. The molecule has 1 fully saturated rings. The minimum Gasteiger partial charge on any atom is -0.307 e. The number of halogens is 1. The van der Waals surface area contributed by atoms with Crippen LogP contribution in [0.25, 0.3) is 0 Å². The second kappa shape index (κ2) is 5.98. The standard InChI is InChI=1S/C14H21BrN2/c1-11(13-5-3-4-6-14(13)15)16-12-7-9-17(2)10-8-12/h3-6,11-12,16H,7-10H2,1-2H3/t11-/m0/s1. The normalized spacial score (nSPS) is 20.4. The lowest BCUT2D eigenvalue weighted by Crippen LogP contribution is -2.41. The van der Waals surface area contributed by atoms with Crippen LogP contribution in [-0.2, 0) is 0 Å². The van der Waals surface area contributed by atoms with Gasteiger partial charge in [0.05, 0.1) is 0 Å². The quantitative estimate of drug-likeness (QED) is 0.921. The first-order valence-electron chi connectivity index (χ1n) is 6.36. The fourth-order valence-corrected chi connectivity index (χ4v) is 3.07. The van der Waals surface area contributed by atoms with E-state index in [2.05, 4.69) is 64.4 Å². The Morgan fingerprint density at radius 1 is 1.29 bits per heavy atom. The summed E-state index contributed by atoms with van der Waals surface area (Å²) >= 11 is 3.62. The zero-order chi connectivity index (χ0) is 12.3. The fourth-order valence-electron chi connectivity index (χ4n) is 2.44. The number of nitrogens with one attached hydrogen (secondary N) is 1. The first-order chi connectivity index (χ1) is 8.16. The van der Waals surface area contributed by atoms with Crippen molar-refractivity contribution in [3.8, 4) is 0 Å². The molecule has 1 N–H and O–H groups in total. The lowest BCUT2D eigenvalue weighted by molar-refractivity contribution is 0.226. The molecule has 94 valence electrons. The van der Waals surface area contributed by atoms with Crippen molar-refractivity contribution in [2.45, 2.75) is 31.8 Å². The summed E-state index contributed by atoms with van der Waals surface area (Å²) in [5.41, 5.74) is 1.35. The minimum atomic E-state index is 0.416. The summed E-state index contributed by atoms with van der Waals surface area (Å²) in [7, 11) is 2.20. The lowest BCUT2D eigenvalue weighted by Gasteiger charge is -2.32. The predicted octanol–water partition coefficient (Wildman–Crippen LogP) is 3.19. The van der Waals surface area contributed by atoms with E-state index in [0.29, 0.717) is 12.1 Å². The Bertz CT molecular complexity index is 359. The first kappa shape index (κ1) is 13.1. The molecule has 0 radical (unpaired) electrons. The smallest absolute Gasteiger partial charge is 0.0305 e. The number of likely N-dealkylation sites (tertiary alicyclic amines) is 1. The van der Waals surface area contributed by atoms with Crippen LogP contribution in [0.5, 0.6) is 0 Å². The maximum atomic E-state index is 3.74. The van der Waals surface area contributed by atoms with E-state index in [9.17, 15) is 0 Å². The zero-order valence-electron chi connectivity index (χ0n) is 10.6. The SMILES string of the molecule is C[C@H](NC1CCN(C)CC1)c1ccccc1Br. The number of rotatable bonds is 3. The van der Waals surface area contributed by atoms with Crippen molar-refractivity contribution in [1.29, 1.82) is 0 Å². The number of benzene rings is 1. The van der Waals surface area contributed by atoms with E-state index >= 15 is 0 Å². The van der Waals surface area contributed by atoms with E-state index in [4.69, 9.17) is 0 Å². The number of hydrogen-bond donors (Lipinski definition) is 1. The van der Waals surface area contributed by atoms with Crippen molar-refractivity contribution in [1.82, 2.24) is 10.2 Å². The lowest BCUT2D eigenvalue weighted by atomic mass is 10.0. The first-order valence-corrected chi connectivity index (χ1v) is 7.15. The molecule has 1 saturated heterocycles. The van der Waals surface area contributed by atoms with Gasteiger partial charge in [0.25, 0.3) is 0 Å². The Labute approximate surface area is 113 Å². The van der Waals surface area contributed by atoms with Crippen LogP contribution in [0, 0.1) is 0 Å². The van der Waals surface area contributed by atoms with Crippen LogP contribution in [0.3, 0.4) is 0 Å². The summed E-state index contributed by atoms with van der Waals surface area (Å²) < 4.78 is 1.20. The summed E-state index contributed by atoms with van der Waals surface area (Å²) in [5.74, 6) is 0. The van der Waals surface area contributed by atoms with Gasteiger partial charge in [-0.05, 0) is 51.5 Å². The Balaban J connectivity index is 1.93. The van der Waals surface area contributed by atoms with Gasteiger partial charge in [0.1, 0.15) is 0 Å². The van der Waals surface area contributed by atoms with E-state index in [1.54, 1.807) is 0 Å². The topological polar surface area (TPSA) is 15.3 Å². The predicted molar refractivity (Wildman–Crippen MR) is 76.2 cm³/mol. The van der Waals surface area contributed by atoms with E-state index in [0.717, 1.165) is 0 Å². The molecule has 0 unspecified atom stereocenters. The summed E-state index contributed by atoms with van der Waals surface area (Å²) in [6.45, 7) is 4.67. The molecule has 2 rings (SSSR count). The molecule has 1 aliphatic rings. The molecular weight excluding hydrogens is 276 g/mol. The Kier molecular flexibility index (Phi) is 4.60. The van der Waals surface area contributed by atoms with Crippen molar-refractivity contribution in [3.63, 3.8) is 0 Å². The third-order valence-corrected chi connectivity index (χ3v) is 4.30. The molecule has 0 aliphatic carbocycles. The maximum Gasteiger partial charge on any atom is 0.0305 e. The molecule has 1 atom stereocenters. The van der Waals surface area contributed by atoms with Crippen molar-refractivity contribution in [2.24, 2.45) is 0 Å². The molecule has 1 aromatic carbocycles. The van der Waals surface area contributed by atoms with E-state index in [-0.39, 0.29) is 0 Å². The molecule has 0 aromatic heterocycles. The van der Waals surface area contributed by atoms with Gasteiger partial charge < -0.3 is 10.2 Å². The van der Waals surface area contributed by atoms with Crippen LogP contribution < -0.4 is 5.32 Å². The molecule has 1 aromatic rings. The van der Waals surface area contributed by atoms with Crippen LogP contribution in [-0.4, -0.2) is 31.1 Å². The van der Waals surface area contributed by atoms with Crippen LogP contribution in [0.2, 0.25) is 0 Å². The van der Waals surface area contributed by atoms with Gasteiger partial charge in [0.15, 0.2) is 0 Å². The average Bonchev–Trinajstić information content (AvgIpc) is 2.32. The van der Waals surface area contributed by atoms with E-state index < -0.39 is 0 Å². The highest BCUT2D eigenvalue weighted by Crippen LogP contribution is 2.24. The van der Waals surface area contributed by atoms with Crippen LogP contribution in [0.1, 0.15) is 31.4 Å². The van der Waals surface area contributed by atoms with E-state index in [1.807, 2.05) is 0 Å². The molecule has 0 spiro atoms. The minimum absolute atomic E-state index is 0.416. The highest BCUT2D eigenvalue weighted by molar-refractivity contribution is 9.10. The molecule has 3 heteroatoms. The third kappa shape index (κ3) is 3.54. The summed E-state index contributed by atoms with van der Waals surface area (Å²) in [4.78, 5) is 2.40. The van der Waals surface area contributed by atoms with Gasteiger partial charge in [0, 0.05) is 16.6 Å². The third-order valence-electron chi connectivity index (χ3n) is 3.58. The monoisotopic (exact) mass is 296 g/mol. The van der Waals surface area contributed by atoms with Crippen LogP contribution >= 0.6 is 15.9 Å². The number of hydrogen-bond acceptors (Lipinski definition) is 2. The largest absolute Gasteiger partial charge is 0.307 e. The molecule has 1 aliphatic heterocycles. The molecule has 0 amide bonds. The van der Waals surface area contributed by atoms with Crippen LogP contribution in [0.4, 0.5) is 0 Å². The van der Waals surface area contributed by atoms with Crippen molar-refractivity contribution < 1.29 is 0 Å². The number of piperidine rings is 1. The van der Waals surface area contributed by atoms with Crippen LogP contribution in [0.15, 0.2) is 28.7 Å². The highest BCUT2D eigenvalue weighted by atomic mass is 79.9. The van der Waals surface area contributed by atoms with Gasteiger partial charge in [-0.25, -0.2) is 0 Å². The molecule has 17 heavy (non-hydrogen) atoms. The summed E-state index contributed by atoms with van der Waals surface area (Å²) in [6, 6.07) is 9.55. The van der Waals surface area contributed by atoms with Crippen molar-refractivity contribution in [2.75, 3.05) is 20.1 Å². The number of nitrogens with zero attached hydrogens (tertiary/aromatic N) is 1. The second-order valence-corrected chi connectivity index (χ2v) is 5.84. The molecule has 2 nitrogen and oxygen atoms in total. The molecule has 0 saturated carbocycles. The Morgan fingerprint density at radius 2 is 1.94 bits per heavy atom. The van der Waals surface area contributed by atoms with Crippen molar-refractivity contribution >= 4 is 15.9 Å².